The first-order valence-corrected chi connectivity index (χ1v) is 34.0. The lowest BCUT2D eigenvalue weighted by Crippen LogP contribution is -2.45. The molecular formula is C68H133NO5. The minimum absolute atomic E-state index is 0.0133. The van der Waals surface area contributed by atoms with Crippen molar-refractivity contribution in [2.45, 2.75) is 398 Å². The van der Waals surface area contributed by atoms with Crippen molar-refractivity contribution in [1.29, 1.82) is 0 Å². The van der Waals surface area contributed by atoms with Crippen LogP contribution >= 0.6 is 0 Å². The highest BCUT2D eigenvalue weighted by molar-refractivity contribution is 5.76. The first-order chi connectivity index (χ1) is 36.5. The third-order valence-electron chi connectivity index (χ3n) is 16.1. The number of hydrogen-bond donors (Lipinski definition) is 3. The molecular weight excluding hydrogens is 911 g/mol. The molecule has 0 rings (SSSR count). The Balaban J connectivity index is 3.41. The van der Waals surface area contributed by atoms with Gasteiger partial charge in [0.15, 0.2) is 0 Å². The van der Waals surface area contributed by atoms with E-state index in [2.05, 4.69) is 19.2 Å². The predicted octanol–water partition coefficient (Wildman–Crippen LogP) is 21.6. The van der Waals surface area contributed by atoms with Crippen molar-refractivity contribution in [3.05, 3.63) is 12.2 Å². The van der Waals surface area contributed by atoms with Crippen molar-refractivity contribution in [2.24, 2.45) is 0 Å². The van der Waals surface area contributed by atoms with Gasteiger partial charge in [0.05, 0.1) is 25.4 Å². The molecule has 0 bridgehead atoms. The standard InChI is InChI=1S/C68H133NO5/c1-3-5-7-9-11-13-15-17-19-20-21-22-23-24-27-30-33-36-40-44-48-52-56-60-66(71)65(64-70)69-67(72)61-57-53-49-45-41-37-34-31-28-25-26-29-32-35-39-43-47-51-55-59-63-74-68(73)62-58-54-50-46-42-38-18-16-14-12-10-8-6-4-2/h56,60,65-66,70-71H,3-55,57-59,61-64H2,1-2H3,(H,69,72)/b60-56+. The smallest absolute Gasteiger partial charge is 0.305 e. The number of allylic oxidation sites excluding steroid dienone is 1. The highest BCUT2D eigenvalue weighted by Gasteiger charge is 2.18. The molecule has 0 aliphatic heterocycles. The van der Waals surface area contributed by atoms with Crippen LogP contribution in [0.2, 0.25) is 0 Å². The fraction of sp³-hybridized carbons (Fsp3) is 0.941. The SMILES string of the molecule is CCCCCCCCCCCCCCCCCCCCCCC/C=C/C(O)C(CO)NC(=O)CCCCCCCCCCCCCCCCCCCCCCOC(=O)CCCCCCCCCCCCCCCC. The maximum atomic E-state index is 12.5. The first kappa shape index (κ1) is 72.6. The molecule has 0 aromatic heterocycles. The molecule has 0 aromatic rings. The van der Waals surface area contributed by atoms with Crippen molar-refractivity contribution in [1.82, 2.24) is 5.32 Å². The largest absolute Gasteiger partial charge is 0.466 e. The second-order valence-corrected chi connectivity index (χ2v) is 23.5. The molecule has 0 spiro atoms. The van der Waals surface area contributed by atoms with Crippen LogP contribution in [-0.2, 0) is 14.3 Å². The molecule has 0 aliphatic rings. The zero-order valence-electron chi connectivity index (χ0n) is 50.4. The molecule has 0 saturated heterocycles. The Morgan fingerprint density at radius 3 is 0.919 bits per heavy atom. The van der Waals surface area contributed by atoms with Gasteiger partial charge in [-0.3, -0.25) is 9.59 Å². The van der Waals surface area contributed by atoms with Crippen LogP contribution in [0.5, 0.6) is 0 Å². The molecule has 0 fully saturated rings. The summed E-state index contributed by atoms with van der Waals surface area (Å²) < 4.78 is 5.49. The minimum atomic E-state index is -0.846. The van der Waals surface area contributed by atoms with Crippen molar-refractivity contribution < 1.29 is 24.5 Å². The number of nitrogens with one attached hydrogen (secondary N) is 1. The molecule has 74 heavy (non-hydrogen) atoms. The van der Waals surface area contributed by atoms with E-state index < -0.39 is 12.1 Å². The molecule has 6 nitrogen and oxygen atoms in total. The van der Waals surface area contributed by atoms with Crippen LogP contribution in [-0.4, -0.2) is 47.4 Å². The zero-order chi connectivity index (χ0) is 53.6. The van der Waals surface area contributed by atoms with E-state index in [4.69, 9.17) is 4.74 Å². The van der Waals surface area contributed by atoms with Crippen LogP contribution in [0.15, 0.2) is 12.2 Å². The van der Waals surface area contributed by atoms with E-state index in [0.29, 0.717) is 19.4 Å². The van der Waals surface area contributed by atoms with Gasteiger partial charge in [0.25, 0.3) is 0 Å². The van der Waals surface area contributed by atoms with Gasteiger partial charge in [0.1, 0.15) is 0 Å². The van der Waals surface area contributed by atoms with E-state index in [9.17, 15) is 19.8 Å². The van der Waals surface area contributed by atoms with Crippen molar-refractivity contribution in [3.63, 3.8) is 0 Å². The number of hydrogen-bond acceptors (Lipinski definition) is 5. The van der Waals surface area contributed by atoms with Crippen LogP contribution in [0.25, 0.3) is 0 Å². The highest BCUT2D eigenvalue weighted by atomic mass is 16.5. The lowest BCUT2D eigenvalue weighted by molar-refractivity contribution is -0.143. The van der Waals surface area contributed by atoms with Gasteiger partial charge in [-0.05, 0) is 32.1 Å². The third-order valence-corrected chi connectivity index (χ3v) is 16.1. The summed E-state index contributed by atoms with van der Waals surface area (Å²) >= 11 is 0. The molecule has 3 N–H and O–H groups in total. The summed E-state index contributed by atoms with van der Waals surface area (Å²) in [4.78, 5) is 24.6. The Hall–Kier alpha value is -1.40. The number of esters is 1. The van der Waals surface area contributed by atoms with Gasteiger partial charge < -0.3 is 20.3 Å². The van der Waals surface area contributed by atoms with E-state index >= 15 is 0 Å². The van der Waals surface area contributed by atoms with Crippen molar-refractivity contribution in [2.75, 3.05) is 13.2 Å². The maximum Gasteiger partial charge on any atom is 0.305 e. The van der Waals surface area contributed by atoms with Gasteiger partial charge in [-0.2, -0.15) is 0 Å². The summed E-state index contributed by atoms with van der Waals surface area (Å²) in [5, 5.41) is 23.3. The van der Waals surface area contributed by atoms with Gasteiger partial charge >= 0.3 is 5.97 Å². The summed E-state index contributed by atoms with van der Waals surface area (Å²) in [5.74, 6) is -0.0517. The van der Waals surface area contributed by atoms with E-state index in [1.807, 2.05) is 6.08 Å². The highest BCUT2D eigenvalue weighted by Crippen LogP contribution is 2.19. The monoisotopic (exact) mass is 1040 g/mol. The number of aliphatic hydroxyl groups is 2. The quantitative estimate of drug-likeness (QED) is 0.0320. The van der Waals surface area contributed by atoms with Gasteiger partial charge in [0, 0.05) is 12.8 Å². The van der Waals surface area contributed by atoms with E-state index in [1.54, 1.807) is 6.08 Å². The van der Waals surface area contributed by atoms with Crippen molar-refractivity contribution >= 4 is 11.9 Å². The fourth-order valence-corrected chi connectivity index (χ4v) is 10.9. The topological polar surface area (TPSA) is 95.9 Å². The number of ether oxygens (including phenoxy) is 1. The number of rotatable bonds is 64. The number of carbonyl (C=O) groups excluding carboxylic acids is 2. The van der Waals surface area contributed by atoms with E-state index in [-0.39, 0.29) is 18.5 Å². The number of amides is 1. The lowest BCUT2D eigenvalue weighted by atomic mass is 10.0. The van der Waals surface area contributed by atoms with Crippen LogP contribution in [0, 0.1) is 0 Å². The van der Waals surface area contributed by atoms with Crippen LogP contribution in [0.3, 0.4) is 0 Å². The van der Waals surface area contributed by atoms with Crippen LogP contribution in [0.4, 0.5) is 0 Å². The number of unbranched alkanes of at least 4 members (excludes halogenated alkanes) is 53. The Labute approximate surface area is 463 Å². The average molecular weight is 1040 g/mol. The lowest BCUT2D eigenvalue weighted by Gasteiger charge is -2.20. The van der Waals surface area contributed by atoms with Crippen LogP contribution < -0.4 is 5.32 Å². The summed E-state index contributed by atoms with van der Waals surface area (Å²) in [6.07, 6.45) is 78.4. The summed E-state index contributed by atoms with van der Waals surface area (Å²) in [6.45, 7) is 4.94. The fourth-order valence-electron chi connectivity index (χ4n) is 10.9. The van der Waals surface area contributed by atoms with E-state index in [0.717, 1.165) is 38.5 Å². The second-order valence-electron chi connectivity index (χ2n) is 23.5. The number of carbonyl (C=O) groups is 2. The molecule has 0 radical (unpaired) electrons. The van der Waals surface area contributed by atoms with Crippen molar-refractivity contribution in [3.8, 4) is 0 Å². The molecule has 1 amide bonds. The van der Waals surface area contributed by atoms with Gasteiger partial charge in [-0.1, -0.05) is 353 Å². The second kappa shape index (κ2) is 64.1. The molecule has 2 unspecified atom stereocenters. The Morgan fingerprint density at radius 1 is 0.365 bits per heavy atom. The minimum Gasteiger partial charge on any atom is -0.466 e. The maximum absolute atomic E-state index is 12.5. The van der Waals surface area contributed by atoms with Gasteiger partial charge in [0.2, 0.25) is 5.91 Å². The molecule has 0 saturated carbocycles. The number of aliphatic hydroxyl groups excluding tert-OH is 2. The molecule has 0 aliphatic carbocycles. The Kier molecular flexibility index (Phi) is 62.9. The zero-order valence-corrected chi connectivity index (χ0v) is 50.4. The average Bonchev–Trinajstić information content (AvgIpc) is 3.40. The molecule has 6 heteroatoms. The third kappa shape index (κ3) is 59.8. The van der Waals surface area contributed by atoms with Gasteiger partial charge in [-0.25, -0.2) is 0 Å². The summed E-state index contributed by atoms with van der Waals surface area (Å²) in [7, 11) is 0. The molecule has 2 atom stereocenters. The van der Waals surface area contributed by atoms with Crippen LogP contribution in [0.1, 0.15) is 386 Å². The normalized spacial score (nSPS) is 12.5. The predicted molar refractivity (Wildman–Crippen MR) is 324 cm³/mol. The molecule has 0 heterocycles. The Morgan fingerprint density at radius 2 is 0.622 bits per heavy atom. The molecule has 0 aromatic carbocycles. The summed E-state index contributed by atoms with van der Waals surface area (Å²) in [5.41, 5.74) is 0. The van der Waals surface area contributed by atoms with Gasteiger partial charge in [-0.15, -0.1) is 0 Å². The Bertz CT molecular complexity index is 1110. The first-order valence-electron chi connectivity index (χ1n) is 34.0. The molecule has 440 valence electrons. The van der Waals surface area contributed by atoms with E-state index in [1.165, 1.54) is 321 Å². The summed E-state index contributed by atoms with van der Waals surface area (Å²) in [6, 6.07) is -0.630.